The maximum absolute atomic E-state index is 5.71. The van der Waals surface area contributed by atoms with E-state index in [1.165, 1.54) is 5.39 Å². The minimum Gasteiger partial charge on any atom is -0.382 e. The fourth-order valence-corrected chi connectivity index (χ4v) is 2.10. The molecule has 1 heterocycles. The van der Waals surface area contributed by atoms with Crippen LogP contribution >= 0.6 is 11.6 Å². The van der Waals surface area contributed by atoms with Crippen molar-refractivity contribution in [1.82, 2.24) is 4.98 Å². The molecule has 2 rings (SSSR count). The number of hydrogen-bond acceptors (Lipinski definition) is 2. The number of para-hydroxylation sites is 1. The molecule has 1 aromatic heterocycles. The van der Waals surface area contributed by atoms with Crippen molar-refractivity contribution in [3.63, 3.8) is 0 Å². The van der Waals surface area contributed by atoms with Gasteiger partial charge in [-0.15, -0.1) is 11.6 Å². The summed E-state index contributed by atoms with van der Waals surface area (Å²) in [6, 6.07) is 10.6. The lowest BCUT2D eigenvalue weighted by Crippen LogP contribution is -2.15. The molecule has 90 valence electrons. The Balaban J connectivity index is 2.18. The zero-order valence-corrected chi connectivity index (χ0v) is 10.7. The third-order valence-electron chi connectivity index (χ3n) is 2.82. The van der Waals surface area contributed by atoms with Crippen LogP contribution in [0.4, 0.5) is 5.69 Å². The largest absolute Gasteiger partial charge is 0.382 e. The minimum absolute atomic E-state index is 0.430. The summed E-state index contributed by atoms with van der Waals surface area (Å²) in [4.78, 5) is 4.35. The molecule has 2 nitrogen and oxygen atoms in total. The van der Waals surface area contributed by atoms with Crippen LogP contribution in [0.15, 0.2) is 36.5 Å². The van der Waals surface area contributed by atoms with Gasteiger partial charge in [-0.25, -0.2) is 0 Å². The fourth-order valence-electron chi connectivity index (χ4n) is 1.94. The number of hydrogen-bond donors (Lipinski definition) is 1. The van der Waals surface area contributed by atoms with Gasteiger partial charge in [-0.3, -0.25) is 4.98 Å². The minimum atomic E-state index is 0.430. The summed E-state index contributed by atoms with van der Waals surface area (Å²) < 4.78 is 0. The van der Waals surface area contributed by atoms with Gasteiger partial charge in [0.1, 0.15) is 0 Å². The molecule has 0 amide bonds. The van der Waals surface area contributed by atoms with Crippen LogP contribution in [0.5, 0.6) is 0 Å². The van der Waals surface area contributed by atoms with E-state index >= 15 is 0 Å². The number of rotatable bonds is 5. The smallest absolute Gasteiger partial charge is 0.0722 e. The Kier molecular flexibility index (Phi) is 4.21. The van der Waals surface area contributed by atoms with Crippen molar-refractivity contribution in [2.24, 2.45) is 0 Å². The van der Waals surface area contributed by atoms with Crippen LogP contribution in [0, 0.1) is 0 Å². The summed E-state index contributed by atoms with van der Waals surface area (Å²) in [5, 5.41) is 4.69. The Morgan fingerprint density at radius 1 is 1.29 bits per heavy atom. The number of anilines is 1. The molecule has 1 atom stereocenters. The number of nitrogens with one attached hydrogen (secondary N) is 1. The summed E-state index contributed by atoms with van der Waals surface area (Å²) in [5.74, 6) is 0.725. The van der Waals surface area contributed by atoms with Crippen molar-refractivity contribution in [1.29, 1.82) is 0 Å². The van der Waals surface area contributed by atoms with E-state index in [1.807, 2.05) is 30.5 Å². The van der Waals surface area contributed by atoms with Crippen LogP contribution in [0.3, 0.4) is 0 Å². The van der Waals surface area contributed by atoms with E-state index in [0.29, 0.717) is 6.04 Å². The molecule has 2 aromatic rings. The molecule has 1 unspecified atom stereocenters. The highest BCUT2D eigenvalue weighted by Crippen LogP contribution is 2.22. The first-order valence-electron chi connectivity index (χ1n) is 5.97. The van der Waals surface area contributed by atoms with Gasteiger partial charge in [-0.05, 0) is 31.9 Å². The topological polar surface area (TPSA) is 24.9 Å². The van der Waals surface area contributed by atoms with Gasteiger partial charge in [0, 0.05) is 29.2 Å². The van der Waals surface area contributed by atoms with Crippen molar-refractivity contribution in [2.45, 2.75) is 25.8 Å². The van der Waals surface area contributed by atoms with Gasteiger partial charge in [0.05, 0.1) is 5.52 Å². The van der Waals surface area contributed by atoms with Crippen LogP contribution in [0.1, 0.15) is 19.8 Å². The second-order valence-electron chi connectivity index (χ2n) is 4.25. The number of pyridine rings is 1. The molecule has 1 N–H and O–H groups in total. The van der Waals surface area contributed by atoms with Crippen molar-refractivity contribution in [3.05, 3.63) is 36.5 Å². The van der Waals surface area contributed by atoms with Gasteiger partial charge in [-0.1, -0.05) is 18.2 Å². The monoisotopic (exact) mass is 248 g/mol. The van der Waals surface area contributed by atoms with Gasteiger partial charge in [0.2, 0.25) is 0 Å². The second kappa shape index (κ2) is 5.87. The third kappa shape index (κ3) is 3.10. The Bertz CT molecular complexity index is 479. The zero-order chi connectivity index (χ0) is 12.1. The van der Waals surface area contributed by atoms with Gasteiger partial charge in [-0.2, -0.15) is 0 Å². The van der Waals surface area contributed by atoms with Crippen LogP contribution < -0.4 is 5.32 Å². The lowest BCUT2D eigenvalue weighted by Gasteiger charge is -2.16. The molecule has 3 heteroatoms. The molecule has 0 radical (unpaired) electrons. The first-order chi connectivity index (χ1) is 8.31. The van der Waals surface area contributed by atoms with E-state index in [-0.39, 0.29) is 0 Å². The normalized spacial score (nSPS) is 12.6. The Labute approximate surface area is 107 Å². The molecule has 0 aliphatic carbocycles. The van der Waals surface area contributed by atoms with E-state index in [2.05, 4.69) is 23.3 Å². The first kappa shape index (κ1) is 12.2. The third-order valence-corrected chi connectivity index (χ3v) is 3.09. The molecular weight excluding hydrogens is 232 g/mol. The molecule has 0 saturated heterocycles. The summed E-state index contributed by atoms with van der Waals surface area (Å²) in [6.07, 6.45) is 3.97. The summed E-state index contributed by atoms with van der Waals surface area (Å²) in [7, 11) is 0. The highest BCUT2D eigenvalue weighted by Gasteiger charge is 2.05. The predicted molar refractivity (Wildman–Crippen MR) is 74.8 cm³/mol. The van der Waals surface area contributed by atoms with Crippen molar-refractivity contribution < 1.29 is 0 Å². The fraction of sp³-hybridized carbons (Fsp3) is 0.357. The number of nitrogens with zero attached hydrogens (tertiary/aromatic N) is 1. The van der Waals surface area contributed by atoms with Crippen LogP contribution in [-0.2, 0) is 0 Å². The molecule has 17 heavy (non-hydrogen) atoms. The van der Waals surface area contributed by atoms with Crippen LogP contribution in [0.25, 0.3) is 10.9 Å². The van der Waals surface area contributed by atoms with E-state index < -0.39 is 0 Å². The maximum Gasteiger partial charge on any atom is 0.0722 e. The van der Waals surface area contributed by atoms with E-state index in [4.69, 9.17) is 11.6 Å². The molecule has 0 spiro atoms. The summed E-state index contributed by atoms with van der Waals surface area (Å²) >= 11 is 5.71. The molecule has 0 aliphatic heterocycles. The zero-order valence-electron chi connectivity index (χ0n) is 9.99. The van der Waals surface area contributed by atoms with Gasteiger partial charge < -0.3 is 5.32 Å². The number of aromatic nitrogens is 1. The van der Waals surface area contributed by atoms with E-state index in [0.717, 1.165) is 29.9 Å². The lowest BCUT2D eigenvalue weighted by atomic mass is 10.1. The first-order valence-corrected chi connectivity index (χ1v) is 6.51. The standard InChI is InChI=1S/C14H17ClN2/c1-11(5-4-9-15)17-14-8-10-16-13-7-3-2-6-12(13)14/h2-3,6-8,10-11H,4-5,9H2,1H3,(H,16,17). The summed E-state index contributed by atoms with van der Waals surface area (Å²) in [5.41, 5.74) is 2.18. The number of fused-ring (bicyclic) bond motifs is 1. The highest BCUT2D eigenvalue weighted by atomic mass is 35.5. The van der Waals surface area contributed by atoms with Gasteiger partial charge in [0.25, 0.3) is 0 Å². The van der Waals surface area contributed by atoms with Crippen LogP contribution in [0.2, 0.25) is 0 Å². The van der Waals surface area contributed by atoms with E-state index in [1.54, 1.807) is 0 Å². The number of alkyl halides is 1. The average Bonchev–Trinajstić information content (AvgIpc) is 2.37. The Hall–Kier alpha value is -1.28. The SMILES string of the molecule is CC(CCCCl)Nc1ccnc2ccccc12. The van der Waals surface area contributed by atoms with Crippen molar-refractivity contribution in [3.8, 4) is 0 Å². The Morgan fingerprint density at radius 3 is 2.94 bits per heavy atom. The molecular formula is C14H17ClN2. The molecule has 0 aliphatic rings. The summed E-state index contributed by atoms with van der Waals surface area (Å²) in [6.45, 7) is 2.18. The maximum atomic E-state index is 5.71. The predicted octanol–water partition coefficient (Wildman–Crippen LogP) is 4.05. The van der Waals surface area contributed by atoms with Crippen LogP contribution in [-0.4, -0.2) is 16.9 Å². The van der Waals surface area contributed by atoms with Crippen molar-refractivity contribution >= 4 is 28.2 Å². The number of halogens is 1. The van der Waals surface area contributed by atoms with Gasteiger partial charge >= 0.3 is 0 Å². The molecule has 1 aromatic carbocycles. The molecule has 0 bridgehead atoms. The highest BCUT2D eigenvalue weighted by molar-refractivity contribution is 6.17. The average molecular weight is 249 g/mol. The Morgan fingerprint density at radius 2 is 2.12 bits per heavy atom. The quantitative estimate of drug-likeness (QED) is 0.808. The van der Waals surface area contributed by atoms with Crippen molar-refractivity contribution in [2.75, 3.05) is 11.2 Å². The lowest BCUT2D eigenvalue weighted by molar-refractivity contribution is 0.694. The second-order valence-corrected chi connectivity index (χ2v) is 4.63. The number of benzene rings is 1. The molecule has 0 saturated carbocycles. The van der Waals surface area contributed by atoms with Gasteiger partial charge in [0.15, 0.2) is 0 Å². The molecule has 0 fully saturated rings. The van der Waals surface area contributed by atoms with E-state index in [9.17, 15) is 0 Å².